The van der Waals surface area contributed by atoms with Crippen LogP contribution in [-0.4, -0.2) is 30.2 Å². The quantitative estimate of drug-likeness (QED) is 0.829. The van der Waals surface area contributed by atoms with Crippen LogP contribution in [0.1, 0.15) is 12.8 Å². The Balaban J connectivity index is 2.45. The van der Waals surface area contributed by atoms with Crippen molar-refractivity contribution in [2.45, 2.75) is 19.0 Å². The zero-order chi connectivity index (χ0) is 14.3. The summed E-state index contributed by atoms with van der Waals surface area (Å²) in [7, 11) is 0. The van der Waals surface area contributed by atoms with Crippen LogP contribution in [0.5, 0.6) is 5.88 Å². The van der Waals surface area contributed by atoms with Crippen LogP contribution in [0.15, 0.2) is 18.3 Å². The topological polar surface area (TPSA) is 77.2 Å². The summed E-state index contributed by atoms with van der Waals surface area (Å²) in [5.41, 5.74) is 5.65. The fourth-order valence-electron chi connectivity index (χ4n) is 1.18. The minimum atomic E-state index is -4.41. The van der Waals surface area contributed by atoms with Crippen LogP contribution in [0, 0.1) is 0 Å². The van der Waals surface area contributed by atoms with E-state index in [-0.39, 0.29) is 18.2 Å². The molecule has 1 aromatic heterocycles. The maximum Gasteiger partial charge on any atom is 0.422 e. The standard InChI is InChI=1S/C11H14F3N3O2/c12-11(13,14)7-19-10-4-3-8(6-16-10)17-9(18)2-1-5-15/h3-4,6H,1-2,5,7,15H2,(H,17,18). The van der Waals surface area contributed by atoms with Crippen LogP contribution in [-0.2, 0) is 4.79 Å². The first kappa shape index (κ1) is 15.2. The molecule has 8 heteroatoms. The lowest BCUT2D eigenvalue weighted by Crippen LogP contribution is -2.19. The number of amides is 1. The first-order chi connectivity index (χ1) is 8.90. The van der Waals surface area contributed by atoms with E-state index in [4.69, 9.17) is 5.73 Å². The van der Waals surface area contributed by atoms with Crippen molar-refractivity contribution in [1.82, 2.24) is 4.98 Å². The molecule has 0 aromatic carbocycles. The molecule has 1 aromatic rings. The van der Waals surface area contributed by atoms with Crippen molar-refractivity contribution in [2.24, 2.45) is 5.73 Å². The average molecular weight is 277 g/mol. The van der Waals surface area contributed by atoms with Gasteiger partial charge in [0.1, 0.15) is 0 Å². The minimum Gasteiger partial charge on any atom is -0.468 e. The number of rotatable bonds is 6. The van der Waals surface area contributed by atoms with Gasteiger partial charge in [-0.15, -0.1) is 0 Å². The van der Waals surface area contributed by atoms with Crippen LogP contribution in [0.4, 0.5) is 18.9 Å². The molecule has 1 heterocycles. The highest BCUT2D eigenvalue weighted by Gasteiger charge is 2.28. The maximum absolute atomic E-state index is 11.9. The lowest BCUT2D eigenvalue weighted by atomic mass is 10.3. The van der Waals surface area contributed by atoms with Gasteiger partial charge in [-0.25, -0.2) is 4.98 Å². The Kier molecular flexibility index (Phi) is 5.56. The number of aromatic nitrogens is 1. The predicted molar refractivity (Wildman–Crippen MR) is 62.7 cm³/mol. The molecule has 3 N–H and O–H groups in total. The van der Waals surface area contributed by atoms with Crippen molar-refractivity contribution in [3.8, 4) is 5.88 Å². The summed E-state index contributed by atoms with van der Waals surface area (Å²) in [6.45, 7) is -0.988. The number of nitrogens with one attached hydrogen (secondary N) is 1. The highest BCUT2D eigenvalue weighted by Crippen LogP contribution is 2.18. The fraction of sp³-hybridized carbons (Fsp3) is 0.455. The molecule has 1 rings (SSSR count). The second-order valence-corrected chi connectivity index (χ2v) is 3.73. The minimum absolute atomic E-state index is 0.155. The molecule has 0 aliphatic carbocycles. The lowest BCUT2D eigenvalue weighted by molar-refractivity contribution is -0.154. The van der Waals surface area contributed by atoms with Gasteiger partial charge in [-0.05, 0) is 19.0 Å². The van der Waals surface area contributed by atoms with E-state index in [0.717, 1.165) is 0 Å². The van der Waals surface area contributed by atoms with Crippen molar-refractivity contribution in [3.05, 3.63) is 18.3 Å². The van der Waals surface area contributed by atoms with Crippen molar-refractivity contribution in [3.63, 3.8) is 0 Å². The zero-order valence-electron chi connectivity index (χ0n) is 10.0. The van der Waals surface area contributed by atoms with Gasteiger partial charge < -0.3 is 15.8 Å². The second kappa shape index (κ2) is 6.93. The molecule has 1 amide bonds. The molecule has 19 heavy (non-hydrogen) atoms. The van der Waals surface area contributed by atoms with Crippen molar-refractivity contribution in [2.75, 3.05) is 18.5 Å². The van der Waals surface area contributed by atoms with Crippen LogP contribution >= 0.6 is 0 Å². The highest BCUT2D eigenvalue weighted by molar-refractivity contribution is 5.90. The van der Waals surface area contributed by atoms with Gasteiger partial charge in [-0.3, -0.25) is 4.79 Å². The number of hydrogen-bond donors (Lipinski definition) is 2. The van der Waals surface area contributed by atoms with Gasteiger partial charge in [-0.1, -0.05) is 0 Å². The van der Waals surface area contributed by atoms with E-state index in [2.05, 4.69) is 15.0 Å². The van der Waals surface area contributed by atoms with Crippen LogP contribution in [0.2, 0.25) is 0 Å². The van der Waals surface area contributed by atoms with Crippen molar-refractivity contribution >= 4 is 11.6 Å². The summed E-state index contributed by atoms with van der Waals surface area (Å²) < 4.78 is 40.1. The summed E-state index contributed by atoms with van der Waals surface area (Å²) in [5, 5.41) is 2.54. The number of ether oxygens (including phenoxy) is 1. The molecule has 0 spiro atoms. The van der Waals surface area contributed by atoms with E-state index in [1.807, 2.05) is 0 Å². The van der Waals surface area contributed by atoms with Crippen molar-refractivity contribution in [1.29, 1.82) is 0 Å². The third-order valence-corrected chi connectivity index (χ3v) is 2.01. The summed E-state index contributed by atoms with van der Waals surface area (Å²) in [6, 6.07) is 2.67. The zero-order valence-corrected chi connectivity index (χ0v) is 10.0. The fourth-order valence-corrected chi connectivity index (χ4v) is 1.18. The molecule has 0 fully saturated rings. The van der Waals surface area contributed by atoms with E-state index in [0.29, 0.717) is 18.7 Å². The smallest absolute Gasteiger partial charge is 0.422 e. The van der Waals surface area contributed by atoms with E-state index in [1.54, 1.807) is 0 Å². The van der Waals surface area contributed by atoms with E-state index in [1.165, 1.54) is 18.3 Å². The summed E-state index contributed by atoms with van der Waals surface area (Å²) in [5.74, 6) is -0.381. The molecule has 5 nitrogen and oxygen atoms in total. The normalized spacial score (nSPS) is 11.2. The molecule has 0 atom stereocenters. The summed E-state index contributed by atoms with van der Waals surface area (Å²) >= 11 is 0. The third-order valence-electron chi connectivity index (χ3n) is 2.01. The predicted octanol–water partition coefficient (Wildman–Crippen LogP) is 1.70. The van der Waals surface area contributed by atoms with Gasteiger partial charge >= 0.3 is 6.18 Å². The number of carbonyl (C=O) groups excluding carboxylic acids is 1. The third kappa shape index (κ3) is 6.61. The number of alkyl halides is 3. The molecule has 0 saturated carbocycles. The van der Waals surface area contributed by atoms with E-state index < -0.39 is 12.8 Å². The number of anilines is 1. The summed E-state index contributed by atoms with van der Waals surface area (Å²) in [4.78, 5) is 15.0. The molecule has 0 radical (unpaired) electrons. The number of hydrogen-bond acceptors (Lipinski definition) is 4. The first-order valence-corrected chi connectivity index (χ1v) is 5.56. The average Bonchev–Trinajstić information content (AvgIpc) is 2.34. The maximum atomic E-state index is 11.9. The van der Waals surface area contributed by atoms with E-state index >= 15 is 0 Å². The Hall–Kier alpha value is -1.83. The Morgan fingerprint density at radius 2 is 2.16 bits per heavy atom. The molecule has 0 bridgehead atoms. The number of pyridine rings is 1. The summed E-state index contributed by atoms with van der Waals surface area (Å²) in [6.07, 6.45) is -2.34. The lowest BCUT2D eigenvalue weighted by Gasteiger charge is -2.09. The van der Waals surface area contributed by atoms with Gasteiger partial charge in [0, 0.05) is 12.5 Å². The van der Waals surface area contributed by atoms with Crippen LogP contribution in [0.25, 0.3) is 0 Å². The Bertz CT molecular complexity index is 407. The Morgan fingerprint density at radius 1 is 1.42 bits per heavy atom. The van der Waals surface area contributed by atoms with Crippen molar-refractivity contribution < 1.29 is 22.7 Å². The monoisotopic (exact) mass is 277 g/mol. The Labute approximate surface area is 108 Å². The molecule has 0 unspecified atom stereocenters. The SMILES string of the molecule is NCCCC(=O)Nc1ccc(OCC(F)(F)F)nc1. The Morgan fingerprint density at radius 3 is 2.68 bits per heavy atom. The van der Waals surface area contributed by atoms with E-state index in [9.17, 15) is 18.0 Å². The first-order valence-electron chi connectivity index (χ1n) is 5.56. The van der Waals surface area contributed by atoms with Crippen LogP contribution in [0.3, 0.4) is 0 Å². The number of carbonyl (C=O) groups is 1. The van der Waals surface area contributed by atoms with Crippen LogP contribution < -0.4 is 15.8 Å². The molecule has 0 saturated heterocycles. The highest BCUT2D eigenvalue weighted by atomic mass is 19.4. The molecular weight excluding hydrogens is 263 g/mol. The molecule has 106 valence electrons. The van der Waals surface area contributed by atoms with Gasteiger partial charge in [-0.2, -0.15) is 13.2 Å². The molecular formula is C11H14F3N3O2. The second-order valence-electron chi connectivity index (χ2n) is 3.73. The molecule has 0 aliphatic rings. The van der Waals surface area contributed by atoms with Gasteiger partial charge in [0.15, 0.2) is 6.61 Å². The van der Waals surface area contributed by atoms with Gasteiger partial charge in [0.2, 0.25) is 11.8 Å². The van der Waals surface area contributed by atoms with Gasteiger partial charge in [0.05, 0.1) is 11.9 Å². The van der Waals surface area contributed by atoms with Gasteiger partial charge in [0.25, 0.3) is 0 Å². The number of halogens is 3. The largest absolute Gasteiger partial charge is 0.468 e. The number of nitrogens with two attached hydrogens (primary N) is 1. The number of nitrogens with zero attached hydrogens (tertiary/aromatic N) is 1. The molecule has 0 aliphatic heterocycles.